The van der Waals surface area contributed by atoms with Crippen molar-refractivity contribution in [3.63, 3.8) is 0 Å². The lowest BCUT2D eigenvalue weighted by Crippen LogP contribution is -1.81. The average molecular weight is 174 g/mol. The lowest BCUT2D eigenvalue weighted by Gasteiger charge is -2.01. The van der Waals surface area contributed by atoms with Crippen molar-refractivity contribution >= 4 is 0 Å². The molecule has 0 nitrogen and oxygen atoms in total. The van der Waals surface area contributed by atoms with E-state index in [1.807, 2.05) is 25.2 Å². The highest BCUT2D eigenvalue weighted by atomic mass is 14.0. The van der Waals surface area contributed by atoms with Crippen LogP contribution in [0.15, 0.2) is 60.3 Å². The minimum absolute atomic E-state index is 1.02. The number of allylic oxidation sites excluding steroid dienone is 8. The molecule has 70 valence electrons. The highest BCUT2D eigenvalue weighted by molar-refractivity contribution is 5.46. The van der Waals surface area contributed by atoms with Gasteiger partial charge in [0, 0.05) is 0 Å². The minimum Gasteiger partial charge on any atom is -0.0990 e. The molecule has 0 heteroatoms. The normalized spacial score (nSPS) is 11.5. The molecule has 0 saturated carbocycles. The van der Waals surface area contributed by atoms with E-state index < -0.39 is 0 Å². The summed E-state index contributed by atoms with van der Waals surface area (Å²) in [5.74, 6) is 0. The molecule has 0 aliphatic rings. The molecule has 0 spiro atoms. The standard InChI is InChI=1S/C13H18/c1-6-8-12(5)13(9-7-2)10-11(3)4/h6-10H,2,5H2,1,3-4H3/b8-6+,13-9+. The molecule has 0 fully saturated rings. The smallest absolute Gasteiger partial charge is 0.0191 e. The van der Waals surface area contributed by atoms with Crippen molar-refractivity contribution in [1.29, 1.82) is 0 Å². The second kappa shape index (κ2) is 6.24. The van der Waals surface area contributed by atoms with E-state index in [0.717, 1.165) is 11.1 Å². The minimum atomic E-state index is 1.02. The van der Waals surface area contributed by atoms with Crippen LogP contribution in [-0.2, 0) is 0 Å². The Hall–Kier alpha value is -1.30. The van der Waals surface area contributed by atoms with Gasteiger partial charge in [-0.2, -0.15) is 0 Å². The molecule has 0 N–H and O–H groups in total. The first-order valence-electron chi connectivity index (χ1n) is 4.41. The van der Waals surface area contributed by atoms with Gasteiger partial charge in [0.05, 0.1) is 0 Å². The van der Waals surface area contributed by atoms with Gasteiger partial charge in [0.25, 0.3) is 0 Å². The molecule has 0 aliphatic heterocycles. The van der Waals surface area contributed by atoms with Gasteiger partial charge < -0.3 is 0 Å². The third-order valence-electron chi connectivity index (χ3n) is 1.48. The van der Waals surface area contributed by atoms with Crippen LogP contribution in [0.4, 0.5) is 0 Å². The zero-order valence-electron chi connectivity index (χ0n) is 8.80. The SMILES string of the molecule is C=C/C=C(\C=C(C)C)C(=C)/C=C/C. The fourth-order valence-electron chi connectivity index (χ4n) is 0.983. The predicted octanol–water partition coefficient (Wildman–Crippen LogP) is 4.20. The van der Waals surface area contributed by atoms with Crippen LogP contribution in [0.2, 0.25) is 0 Å². The van der Waals surface area contributed by atoms with Crippen molar-refractivity contribution in [2.75, 3.05) is 0 Å². The molecule has 0 heterocycles. The Morgan fingerprint density at radius 3 is 2.23 bits per heavy atom. The largest absolute Gasteiger partial charge is 0.0990 e. The lowest BCUT2D eigenvalue weighted by atomic mass is 10.0. The Labute approximate surface area is 81.7 Å². The Morgan fingerprint density at radius 2 is 1.85 bits per heavy atom. The summed E-state index contributed by atoms with van der Waals surface area (Å²) in [6.07, 6.45) is 9.83. The molecule has 0 radical (unpaired) electrons. The topological polar surface area (TPSA) is 0 Å². The fraction of sp³-hybridized carbons (Fsp3) is 0.231. The summed E-state index contributed by atoms with van der Waals surface area (Å²) in [6, 6.07) is 0. The summed E-state index contributed by atoms with van der Waals surface area (Å²) in [5, 5.41) is 0. The van der Waals surface area contributed by atoms with Gasteiger partial charge in [0.15, 0.2) is 0 Å². The predicted molar refractivity (Wildman–Crippen MR) is 61.7 cm³/mol. The third kappa shape index (κ3) is 5.02. The summed E-state index contributed by atoms with van der Waals surface area (Å²) >= 11 is 0. The molecular weight excluding hydrogens is 156 g/mol. The van der Waals surface area contributed by atoms with E-state index in [1.165, 1.54) is 5.57 Å². The van der Waals surface area contributed by atoms with Crippen LogP contribution in [0.1, 0.15) is 20.8 Å². The van der Waals surface area contributed by atoms with Crippen LogP contribution in [0, 0.1) is 0 Å². The van der Waals surface area contributed by atoms with Gasteiger partial charge in [-0.3, -0.25) is 0 Å². The quantitative estimate of drug-likeness (QED) is 0.560. The second-order valence-corrected chi connectivity index (χ2v) is 3.10. The first kappa shape index (κ1) is 11.7. The van der Waals surface area contributed by atoms with Gasteiger partial charge >= 0.3 is 0 Å². The van der Waals surface area contributed by atoms with Crippen LogP contribution in [-0.4, -0.2) is 0 Å². The van der Waals surface area contributed by atoms with Crippen LogP contribution in [0.5, 0.6) is 0 Å². The Bertz CT molecular complexity index is 268. The zero-order chi connectivity index (χ0) is 10.3. The number of hydrogen-bond donors (Lipinski definition) is 0. The Balaban J connectivity index is 4.83. The second-order valence-electron chi connectivity index (χ2n) is 3.10. The zero-order valence-corrected chi connectivity index (χ0v) is 8.80. The van der Waals surface area contributed by atoms with Crippen molar-refractivity contribution in [3.05, 3.63) is 60.3 Å². The van der Waals surface area contributed by atoms with Gasteiger partial charge in [-0.15, -0.1) is 0 Å². The maximum atomic E-state index is 3.97. The van der Waals surface area contributed by atoms with E-state index in [2.05, 4.69) is 33.1 Å². The fourth-order valence-corrected chi connectivity index (χ4v) is 0.983. The van der Waals surface area contributed by atoms with Gasteiger partial charge in [-0.05, 0) is 31.9 Å². The van der Waals surface area contributed by atoms with E-state index in [1.54, 1.807) is 6.08 Å². The highest BCUT2D eigenvalue weighted by Gasteiger charge is 1.93. The van der Waals surface area contributed by atoms with Crippen molar-refractivity contribution in [3.8, 4) is 0 Å². The molecule has 13 heavy (non-hydrogen) atoms. The lowest BCUT2D eigenvalue weighted by molar-refractivity contribution is 1.36. The van der Waals surface area contributed by atoms with Crippen molar-refractivity contribution in [2.45, 2.75) is 20.8 Å². The molecule has 0 aliphatic carbocycles. The van der Waals surface area contributed by atoms with E-state index in [-0.39, 0.29) is 0 Å². The molecule has 0 saturated heterocycles. The van der Waals surface area contributed by atoms with Crippen LogP contribution < -0.4 is 0 Å². The number of rotatable bonds is 4. The van der Waals surface area contributed by atoms with Gasteiger partial charge in [-0.1, -0.05) is 49.1 Å². The van der Waals surface area contributed by atoms with E-state index in [9.17, 15) is 0 Å². The van der Waals surface area contributed by atoms with E-state index >= 15 is 0 Å². The molecule has 0 unspecified atom stereocenters. The maximum Gasteiger partial charge on any atom is -0.0191 e. The highest BCUT2D eigenvalue weighted by Crippen LogP contribution is 2.13. The van der Waals surface area contributed by atoms with Gasteiger partial charge in [0.2, 0.25) is 0 Å². The Kier molecular flexibility index (Phi) is 5.62. The molecule has 0 bridgehead atoms. The summed E-state index contributed by atoms with van der Waals surface area (Å²) < 4.78 is 0. The maximum absolute atomic E-state index is 3.97. The summed E-state index contributed by atoms with van der Waals surface area (Å²) in [7, 11) is 0. The molecule has 0 aromatic heterocycles. The molecular formula is C13H18. The van der Waals surface area contributed by atoms with E-state index in [4.69, 9.17) is 0 Å². The van der Waals surface area contributed by atoms with Crippen molar-refractivity contribution in [2.24, 2.45) is 0 Å². The number of hydrogen-bond acceptors (Lipinski definition) is 0. The molecule has 0 rings (SSSR count). The monoisotopic (exact) mass is 174 g/mol. The van der Waals surface area contributed by atoms with Gasteiger partial charge in [0.1, 0.15) is 0 Å². The third-order valence-corrected chi connectivity index (χ3v) is 1.48. The average Bonchev–Trinajstić information content (AvgIpc) is 2.03. The summed E-state index contributed by atoms with van der Waals surface area (Å²) in [4.78, 5) is 0. The molecule has 0 amide bonds. The Morgan fingerprint density at radius 1 is 1.23 bits per heavy atom. The van der Waals surface area contributed by atoms with Crippen molar-refractivity contribution < 1.29 is 0 Å². The van der Waals surface area contributed by atoms with Gasteiger partial charge in [-0.25, -0.2) is 0 Å². The van der Waals surface area contributed by atoms with E-state index in [0.29, 0.717) is 0 Å². The first-order valence-corrected chi connectivity index (χ1v) is 4.41. The molecule has 0 aromatic carbocycles. The molecule has 0 atom stereocenters. The van der Waals surface area contributed by atoms with Crippen LogP contribution >= 0.6 is 0 Å². The molecule has 0 aromatic rings. The van der Waals surface area contributed by atoms with Crippen LogP contribution in [0.3, 0.4) is 0 Å². The first-order chi connectivity index (χ1) is 6.11. The summed E-state index contributed by atoms with van der Waals surface area (Å²) in [5.41, 5.74) is 3.40. The summed E-state index contributed by atoms with van der Waals surface area (Å²) in [6.45, 7) is 13.8. The van der Waals surface area contributed by atoms with Crippen molar-refractivity contribution in [1.82, 2.24) is 0 Å². The van der Waals surface area contributed by atoms with Crippen LogP contribution in [0.25, 0.3) is 0 Å².